The van der Waals surface area contributed by atoms with Gasteiger partial charge in [-0.15, -0.1) is 0 Å². The van der Waals surface area contributed by atoms with Crippen molar-refractivity contribution >= 4 is 16.0 Å². The molecule has 0 bridgehead atoms. The standard InChI is InChI=1S/C47H77NO5S/c1-3-5-7-9-11-13-15-17-19-21-23-25-26-28-30-32-34-36-38-40-42-46(49)45(44-54(51,52)53)48-47(50)43-41-39-37-35-33-31-29-27-24-22-20-18-16-14-12-10-8-6-4-2/h6,8,12,14,18,20,24-27,31-34,37,39-40,42,45-46,49H,3-5,7,9-11,13,15-17,19,21-23,28-30,35-36,38,41,43-44H2,1-2H3,(H,48,50)(H,51,52,53)/b8-6-,14-12-,20-18-,26-25+,27-24-,33-31-,34-32+,39-37-,42-40+. The highest BCUT2D eigenvalue weighted by molar-refractivity contribution is 7.85. The van der Waals surface area contributed by atoms with Gasteiger partial charge < -0.3 is 10.4 Å². The Morgan fingerprint density at radius 3 is 1.37 bits per heavy atom. The molecule has 3 N–H and O–H groups in total. The first-order chi connectivity index (χ1) is 26.3. The summed E-state index contributed by atoms with van der Waals surface area (Å²) in [5.74, 6) is -1.13. The summed E-state index contributed by atoms with van der Waals surface area (Å²) in [6, 6.07) is -1.13. The Labute approximate surface area is 331 Å². The SMILES string of the molecule is CC/C=C\C/C=C\C/C=C\C/C=C\C/C=C\C/C=C\CCC(=O)NC(CS(=O)(=O)O)C(O)/C=C/CC/C=C/CC/C=C/CCCCCCCCCCCC. The van der Waals surface area contributed by atoms with Crippen LogP contribution in [0.1, 0.15) is 162 Å². The van der Waals surface area contributed by atoms with Crippen LogP contribution in [0, 0.1) is 0 Å². The fourth-order valence-electron chi connectivity index (χ4n) is 5.56. The number of aliphatic hydroxyl groups excluding tert-OH is 1. The maximum absolute atomic E-state index is 12.5. The van der Waals surface area contributed by atoms with Crippen LogP contribution < -0.4 is 5.32 Å². The smallest absolute Gasteiger partial charge is 0.267 e. The molecule has 0 rings (SSSR count). The molecule has 0 aromatic rings. The number of amides is 1. The van der Waals surface area contributed by atoms with Gasteiger partial charge >= 0.3 is 0 Å². The molecule has 0 spiro atoms. The zero-order valence-corrected chi connectivity index (χ0v) is 34.9. The van der Waals surface area contributed by atoms with Crippen LogP contribution in [0.3, 0.4) is 0 Å². The van der Waals surface area contributed by atoms with E-state index in [-0.39, 0.29) is 12.3 Å². The minimum absolute atomic E-state index is 0.153. The molecule has 0 saturated carbocycles. The predicted octanol–water partition coefficient (Wildman–Crippen LogP) is 12.7. The van der Waals surface area contributed by atoms with Gasteiger partial charge in [-0.05, 0) is 83.5 Å². The number of aliphatic hydroxyl groups is 1. The van der Waals surface area contributed by atoms with Crippen LogP contribution in [-0.4, -0.2) is 41.9 Å². The minimum atomic E-state index is -4.39. The van der Waals surface area contributed by atoms with Gasteiger partial charge in [-0.2, -0.15) is 8.42 Å². The number of hydrogen-bond acceptors (Lipinski definition) is 4. The highest BCUT2D eigenvalue weighted by atomic mass is 32.2. The second kappa shape index (κ2) is 39.7. The number of carbonyl (C=O) groups excluding carboxylic acids is 1. The summed E-state index contributed by atoms with van der Waals surface area (Å²) in [6.45, 7) is 4.40. The van der Waals surface area contributed by atoms with Gasteiger partial charge in [0.05, 0.1) is 17.9 Å². The number of carbonyl (C=O) groups is 1. The maximum Gasteiger partial charge on any atom is 0.267 e. The Kier molecular flexibility index (Phi) is 37.5. The van der Waals surface area contributed by atoms with Crippen molar-refractivity contribution in [2.75, 3.05) is 5.75 Å². The topological polar surface area (TPSA) is 104 Å². The molecule has 306 valence electrons. The molecule has 0 fully saturated rings. The summed E-state index contributed by atoms with van der Waals surface area (Å²) >= 11 is 0. The molecule has 0 saturated heterocycles. The average molecular weight is 768 g/mol. The van der Waals surface area contributed by atoms with Crippen LogP contribution in [0.25, 0.3) is 0 Å². The van der Waals surface area contributed by atoms with E-state index in [0.29, 0.717) is 12.8 Å². The van der Waals surface area contributed by atoms with E-state index >= 15 is 0 Å². The van der Waals surface area contributed by atoms with Crippen LogP contribution in [0.4, 0.5) is 0 Å². The molecule has 0 aromatic carbocycles. The van der Waals surface area contributed by atoms with Crippen molar-refractivity contribution in [3.8, 4) is 0 Å². The molecule has 1 amide bonds. The number of unbranched alkanes of at least 4 members (excludes halogenated alkanes) is 12. The van der Waals surface area contributed by atoms with Crippen LogP contribution in [0.15, 0.2) is 109 Å². The third kappa shape index (κ3) is 40.2. The number of allylic oxidation sites excluding steroid dienone is 17. The van der Waals surface area contributed by atoms with Crippen LogP contribution in [-0.2, 0) is 14.9 Å². The first-order valence-electron chi connectivity index (χ1n) is 21.1. The van der Waals surface area contributed by atoms with Crippen LogP contribution in [0.2, 0.25) is 0 Å². The molecule has 0 aliphatic rings. The van der Waals surface area contributed by atoms with E-state index < -0.39 is 28.0 Å². The summed E-state index contributed by atoms with van der Waals surface area (Å²) in [5.41, 5.74) is 0. The molecule has 0 heterocycles. The molecular formula is C47H77NO5S. The Bertz CT molecular complexity index is 1250. The van der Waals surface area contributed by atoms with Gasteiger partial charge in [0, 0.05) is 6.42 Å². The van der Waals surface area contributed by atoms with Crippen molar-refractivity contribution in [2.24, 2.45) is 0 Å². The van der Waals surface area contributed by atoms with E-state index in [2.05, 4.69) is 104 Å². The van der Waals surface area contributed by atoms with E-state index in [1.807, 2.05) is 12.2 Å². The van der Waals surface area contributed by atoms with Gasteiger partial charge in [0.1, 0.15) is 0 Å². The molecular weight excluding hydrogens is 691 g/mol. The molecule has 6 nitrogen and oxygen atoms in total. The third-order valence-electron chi connectivity index (χ3n) is 8.67. The first kappa shape index (κ1) is 51.0. The summed E-state index contributed by atoms with van der Waals surface area (Å²) in [7, 11) is -4.39. The van der Waals surface area contributed by atoms with Crippen molar-refractivity contribution in [1.82, 2.24) is 5.32 Å². The fourth-order valence-corrected chi connectivity index (χ4v) is 6.30. The van der Waals surface area contributed by atoms with E-state index in [4.69, 9.17) is 0 Å². The van der Waals surface area contributed by atoms with Crippen molar-refractivity contribution in [3.05, 3.63) is 109 Å². The van der Waals surface area contributed by atoms with Crippen LogP contribution in [0.5, 0.6) is 0 Å². The second-order valence-corrected chi connectivity index (χ2v) is 15.4. The normalized spacial score (nSPS) is 14.4. The Balaban J connectivity index is 4.15. The lowest BCUT2D eigenvalue weighted by atomic mass is 10.1. The number of hydrogen-bond donors (Lipinski definition) is 3. The Morgan fingerprint density at radius 1 is 0.519 bits per heavy atom. The largest absolute Gasteiger partial charge is 0.387 e. The van der Waals surface area contributed by atoms with Crippen molar-refractivity contribution < 1.29 is 22.9 Å². The average Bonchev–Trinajstić information content (AvgIpc) is 3.14. The highest BCUT2D eigenvalue weighted by Crippen LogP contribution is 2.12. The summed E-state index contributed by atoms with van der Waals surface area (Å²) in [4.78, 5) is 12.5. The summed E-state index contributed by atoms with van der Waals surface area (Å²) in [5, 5.41) is 13.1. The van der Waals surface area contributed by atoms with E-state index in [9.17, 15) is 22.9 Å². The molecule has 54 heavy (non-hydrogen) atoms. The van der Waals surface area contributed by atoms with Gasteiger partial charge in [-0.3, -0.25) is 9.35 Å². The molecule has 0 aliphatic heterocycles. The van der Waals surface area contributed by atoms with E-state index in [1.54, 1.807) is 6.08 Å². The minimum Gasteiger partial charge on any atom is -0.387 e. The first-order valence-corrected chi connectivity index (χ1v) is 22.7. The molecule has 0 aromatic heterocycles. The quantitative estimate of drug-likeness (QED) is 0.0335. The zero-order valence-electron chi connectivity index (χ0n) is 34.0. The lowest BCUT2D eigenvalue weighted by Gasteiger charge is -2.20. The summed E-state index contributed by atoms with van der Waals surface area (Å²) in [6.07, 6.45) is 60.9. The third-order valence-corrected chi connectivity index (χ3v) is 9.45. The predicted molar refractivity (Wildman–Crippen MR) is 234 cm³/mol. The molecule has 2 atom stereocenters. The van der Waals surface area contributed by atoms with Gasteiger partial charge in [-0.25, -0.2) is 0 Å². The summed E-state index contributed by atoms with van der Waals surface area (Å²) < 4.78 is 32.5. The maximum atomic E-state index is 12.5. The zero-order chi connectivity index (χ0) is 39.6. The number of rotatable bonds is 36. The van der Waals surface area contributed by atoms with Gasteiger partial charge in [-0.1, -0.05) is 181 Å². The van der Waals surface area contributed by atoms with Gasteiger partial charge in [0.25, 0.3) is 10.1 Å². The lowest BCUT2D eigenvalue weighted by Crippen LogP contribution is -2.46. The van der Waals surface area contributed by atoms with Gasteiger partial charge in [0.2, 0.25) is 5.91 Å². The van der Waals surface area contributed by atoms with Crippen molar-refractivity contribution in [1.29, 1.82) is 0 Å². The monoisotopic (exact) mass is 768 g/mol. The molecule has 2 unspecified atom stereocenters. The highest BCUT2D eigenvalue weighted by Gasteiger charge is 2.24. The van der Waals surface area contributed by atoms with E-state index in [0.717, 1.165) is 64.2 Å². The molecule has 0 radical (unpaired) electrons. The second-order valence-electron chi connectivity index (χ2n) is 13.9. The lowest BCUT2D eigenvalue weighted by molar-refractivity contribution is -0.122. The fraction of sp³-hybridized carbons (Fsp3) is 0.596. The molecule has 0 aliphatic carbocycles. The van der Waals surface area contributed by atoms with Crippen LogP contribution >= 0.6 is 0 Å². The Morgan fingerprint density at radius 2 is 0.907 bits per heavy atom. The Hall–Kier alpha value is -3.00. The van der Waals surface area contributed by atoms with E-state index in [1.165, 1.54) is 70.3 Å². The number of nitrogens with one attached hydrogen (secondary N) is 1. The van der Waals surface area contributed by atoms with Crippen molar-refractivity contribution in [2.45, 2.75) is 174 Å². The molecule has 7 heteroatoms. The van der Waals surface area contributed by atoms with Crippen molar-refractivity contribution in [3.63, 3.8) is 0 Å². The van der Waals surface area contributed by atoms with Gasteiger partial charge in [0.15, 0.2) is 0 Å².